The first-order valence-corrected chi connectivity index (χ1v) is 5.39. The molecule has 4 nitrogen and oxygen atoms in total. The van der Waals surface area contributed by atoms with E-state index < -0.39 is 0 Å². The monoisotopic (exact) mass is 240 g/mol. The predicted octanol–water partition coefficient (Wildman–Crippen LogP) is 0.759. The van der Waals surface area contributed by atoms with Crippen LogP contribution >= 0.6 is 0 Å². The number of likely N-dealkylation sites (N-methyl/N-ethyl adjacent to an activating group) is 1. The van der Waals surface area contributed by atoms with Crippen molar-refractivity contribution in [2.24, 2.45) is 5.73 Å². The van der Waals surface area contributed by atoms with Gasteiger partial charge in [0.15, 0.2) is 0 Å². The molecule has 1 amide bonds. The van der Waals surface area contributed by atoms with Crippen molar-refractivity contribution in [3.63, 3.8) is 0 Å². The van der Waals surface area contributed by atoms with Gasteiger partial charge in [-0.05, 0) is 17.7 Å². The molecular formula is C12H17FN2O2. The molecule has 2 N–H and O–H groups in total. The van der Waals surface area contributed by atoms with E-state index in [0.29, 0.717) is 19.7 Å². The van der Waals surface area contributed by atoms with Crippen molar-refractivity contribution in [2.45, 2.75) is 6.54 Å². The number of halogens is 1. The Morgan fingerprint density at radius 1 is 1.53 bits per heavy atom. The van der Waals surface area contributed by atoms with Crippen molar-refractivity contribution < 1.29 is 13.9 Å². The van der Waals surface area contributed by atoms with E-state index in [4.69, 9.17) is 10.5 Å². The maximum atomic E-state index is 12.9. The lowest BCUT2D eigenvalue weighted by Crippen LogP contribution is -2.30. The highest BCUT2D eigenvalue weighted by Gasteiger charge is 2.09. The fourth-order valence-corrected chi connectivity index (χ4v) is 1.35. The third kappa shape index (κ3) is 4.93. The van der Waals surface area contributed by atoms with Gasteiger partial charge in [0.1, 0.15) is 12.4 Å². The van der Waals surface area contributed by atoms with Crippen molar-refractivity contribution in [1.29, 1.82) is 0 Å². The number of benzene rings is 1. The van der Waals surface area contributed by atoms with Crippen LogP contribution in [0.25, 0.3) is 0 Å². The van der Waals surface area contributed by atoms with Crippen LogP contribution in [-0.4, -0.2) is 37.6 Å². The number of rotatable bonds is 6. The maximum absolute atomic E-state index is 12.9. The van der Waals surface area contributed by atoms with Crippen molar-refractivity contribution >= 4 is 5.91 Å². The third-order valence-corrected chi connectivity index (χ3v) is 2.22. The van der Waals surface area contributed by atoms with Gasteiger partial charge < -0.3 is 15.4 Å². The molecule has 0 fully saturated rings. The molecule has 0 heterocycles. The molecule has 0 saturated heterocycles. The minimum absolute atomic E-state index is 0.00299. The molecule has 1 rings (SSSR count). The van der Waals surface area contributed by atoms with Gasteiger partial charge in [-0.1, -0.05) is 12.1 Å². The summed E-state index contributed by atoms with van der Waals surface area (Å²) in [6.07, 6.45) is 0. The molecule has 0 spiro atoms. The number of hydrogen-bond donors (Lipinski definition) is 1. The lowest BCUT2D eigenvalue weighted by Gasteiger charge is -2.17. The Hall–Kier alpha value is -1.46. The molecule has 0 aliphatic heterocycles. The van der Waals surface area contributed by atoms with Gasteiger partial charge in [-0.2, -0.15) is 0 Å². The minimum atomic E-state index is -0.303. The van der Waals surface area contributed by atoms with Crippen molar-refractivity contribution in [2.75, 3.05) is 26.8 Å². The topological polar surface area (TPSA) is 55.6 Å². The number of nitrogens with zero attached hydrogens (tertiary/aromatic N) is 1. The molecular weight excluding hydrogens is 223 g/mol. The summed E-state index contributed by atoms with van der Waals surface area (Å²) >= 11 is 0. The standard InChI is InChI=1S/C12H17FN2O2/c1-15(12(16)9-17-6-5-14)8-10-3-2-4-11(13)7-10/h2-4,7H,5-6,8-9,14H2,1H3. The second-order valence-corrected chi connectivity index (χ2v) is 3.72. The van der Waals surface area contributed by atoms with Gasteiger partial charge in [0, 0.05) is 20.1 Å². The van der Waals surface area contributed by atoms with Gasteiger partial charge in [0.2, 0.25) is 5.91 Å². The molecule has 0 saturated carbocycles. The van der Waals surface area contributed by atoms with Crippen LogP contribution in [0.2, 0.25) is 0 Å². The molecule has 0 atom stereocenters. The molecule has 1 aromatic rings. The summed E-state index contributed by atoms with van der Waals surface area (Å²) in [5, 5.41) is 0. The molecule has 0 aliphatic rings. The molecule has 0 unspecified atom stereocenters. The molecule has 1 aromatic carbocycles. The van der Waals surface area contributed by atoms with Crippen LogP contribution < -0.4 is 5.73 Å². The first-order valence-electron chi connectivity index (χ1n) is 5.39. The maximum Gasteiger partial charge on any atom is 0.248 e. The highest BCUT2D eigenvalue weighted by Crippen LogP contribution is 2.06. The summed E-state index contributed by atoms with van der Waals surface area (Å²) in [5.41, 5.74) is 5.99. The van der Waals surface area contributed by atoms with E-state index in [1.54, 1.807) is 19.2 Å². The fourth-order valence-electron chi connectivity index (χ4n) is 1.35. The number of carbonyl (C=O) groups excluding carboxylic acids is 1. The van der Waals surface area contributed by atoms with Gasteiger partial charge in [-0.25, -0.2) is 4.39 Å². The number of ether oxygens (including phenoxy) is 1. The average Bonchev–Trinajstić information content (AvgIpc) is 2.29. The third-order valence-electron chi connectivity index (χ3n) is 2.22. The lowest BCUT2D eigenvalue weighted by atomic mass is 10.2. The molecule has 94 valence electrons. The molecule has 0 radical (unpaired) electrons. The predicted molar refractivity (Wildman–Crippen MR) is 62.7 cm³/mol. The van der Waals surface area contributed by atoms with Crippen LogP contribution in [0.1, 0.15) is 5.56 Å². The molecule has 0 bridgehead atoms. The number of carbonyl (C=O) groups is 1. The highest BCUT2D eigenvalue weighted by atomic mass is 19.1. The zero-order chi connectivity index (χ0) is 12.7. The first kappa shape index (κ1) is 13.6. The van der Waals surface area contributed by atoms with Gasteiger partial charge >= 0.3 is 0 Å². The second kappa shape index (κ2) is 6.98. The Labute approximate surface area is 100 Å². The van der Waals surface area contributed by atoms with Gasteiger partial charge in [0.25, 0.3) is 0 Å². The molecule has 0 aromatic heterocycles. The van der Waals surface area contributed by atoms with Crippen LogP contribution in [0, 0.1) is 5.82 Å². The van der Waals surface area contributed by atoms with Crippen molar-refractivity contribution in [3.8, 4) is 0 Å². The fraction of sp³-hybridized carbons (Fsp3) is 0.417. The Morgan fingerprint density at radius 2 is 2.29 bits per heavy atom. The average molecular weight is 240 g/mol. The number of nitrogens with two attached hydrogens (primary N) is 1. The summed E-state index contributed by atoms with van der Waals surface area (Å²) in [5.74, 6) is -0.453. The number of amides is 1. The molecule has 0 aliphatic carbocycles. The van der Waals surface area contributed by atoms with Gasteiger partial charge in [-0.15, -0.1) is 0 Å². The molecule has 17 heavy (non-hydrogen) atoms. The highest BCUT2D eigenvalue weighted by molar-refractivity contribution is 5.77. The van der Waals surface area contributed by atoms with Crippen LogP contribution in [0.5, 0.6) is 0 Å². The Kier molecular flexibility index (Phi) is 5.59. The van der Waals surface area contributed by atoms with Crippen LogP contribution in [-0.2, 0) is 16.1 Å². The second-order valence-electron chi connectivity index (χ2n) is 3.72. The zero-order valence-corrected chi connectivity index (χ0v) is 9.86. The van der Waals surface area contributed by atoms with Gasteiger partial charge in [0.05, 0.1) is 6.61 Å². The van der Waals surface area contributed by atoms with Crippen LogP contribution in [0.4, 0.5) is 4.39 Å². The smallest absolute Gasteiger partial charge is 0.248 e. The van der Waals surface area contributed by atoms with Crippen LogP contribution in [0.3, 0.4) is 0 Å². The summed E-state index contributed by atoms with van der Waals surface area (Å²) in [7, 11) is 1.65. The lowest BCUT2D eigenvalue weighted by molar-refractivity contribution is -0.135. The van der Waals surface area contributed by atoms with E-state index in [1.807, 2.05) is 0 Å². The summed E-state index contributed by atoms with van der Waals surface area (Å²) in [6.45, 7) is 1.12. The normalized spacial score (nSPS) is 10.3. The van der Waals surface area contributed by atoms with Gasteiger partial charge in [-0.3, -0.25) is 4.79 Å². The molecule has 5 heteroatoms. The Morgan fingerprint density at radius 3 is 2.94 bits per heavy atom. The van der Waals surface area contributed by atoms with Crippen LogP contribution in [0.15, 0.2) is 24.3 Å². The Balaban J connectivity index is 2.43. The van der Waals surface area contributed by atoms with E-state index in [2.05, 4.69) is 0 Å². The summed E-state index contributed by atoms with van der Waals surface area (Å²) < 4.78 is 18.0. The summed E-state index contributed by atoms with van der Waals surface area (Å²) in [6, 6.07) is 6.17. The Bertz CT molecular complexity index is 371. The minimum Gasteiger partial charge on any atom is -0.370 e. The summed E-state index contributed by atoms with van der Waals surface area (Å²) in [4.78, 5) is 13.1. The SMILES string of the molecule is CN(Cc1cccc(F)c1)C(=O)COCCN. The quantitative estimate of drug-likeness (QED) is 0.747. The number of hydrogen-bond acceptors (Lipinski definition) is 3. The van der Waals surface area contributed by atoms with Crippen molar-refractivity contribution in [3.05, 3.63) is 35.6 Å². The zero-order valence-electron chi connectivity index (χ0n) is 9.86. The first-order chi connectivity index (χ1) is 8.13. The van der Waals surface area contributed by atoms with E-state index in [0.717, 1.165) is 5.56 Å². The van der Waals surface area contributed by atoms with E-state index >= 15 is 0 Å². The van der Waals surface area contributed by atoms with Crippen molar-refractivity contribution in [1.82, 2.24) is 4.90 Å². The van der Waals surface area contributed by atoms with E-state index in [1.165, 1.54) is 17.0 Å². The van der Waals surface area contributed by atoms with E-state index in [-0.39, 0.29) is 18.3 Å². The largest absolute Gasteiger partial charge is 0.370 e. The van der Waals surface area contributed by atoms with E-state index in [9.17, 15) is 9.18 Å².